The number of aromatic nitrogens is 2. The van der Waals surface area contributed by atoms with Gasteiger partial charge in [-0.2, -0.15) is 0 Å². The van der Waals surface area contributed by atoms with Crippen molar-refractivity contribution in [1.82, 2.24) is 9.97 Å². The van der Waals surface area contributed by atoms with Crippen LogP contribution in [0.15, 0.2) is 66.2 Å². The summed E-state index contributed by atoms with van der Waals surface area (Å²) in [5.74, 6) is -0.348. The van der Waals surface area contributed by atoms with Crippen LogP contribution in [0.25, 0.3) is 11.1 Å². The minimum absolute atomic E-state index is 0.125. The summed E-state index contributed by atoms with van der Waals surface area (Å²) in [6, 6.07) is 13.0. The summed E-state index contributed by atoms with van der Waals surface area (Å²) in [5.41, 5.74) is 8.87. The molecule has 2 N–H and O–H groups in total. The van der Waals surface area contributed by atoms with Gasteiger partial charge in [0.25, 0.3) is 6.02 Å². The molecule has 1 unspecified atom stereocenters. The summed E-state index contributed by atoms with van der Waals surface area (Å²) < 4.78 is 20.0. The predicted octanol–water partition coefficient (Wildman–Crippen LogP) is 3.18. The standard InChI is InChI=1S/C20H17FN4O/c1-13-3-2-4-15(7-13)20(11-26-19(22)25-20)16-5-6-18(21)17(8-16)14-9-23-12-24-10-14/h2-10,12H,11H2,1H3,(H2,22,25). The van der Waals surface area contributed by atoms with Gasteiger partial charge in [-0.1, -0.05) is 35.9 Å². The molecular formula is C20H17FN4O. The van der Waals surface area contributed by atoms with Crippen LogP contribution in [-0.4, -0.2) is 22.6 Å². The number of benzene rings is 2. The third-order valence-electron chi connectivity index (χ3n) is 4.54. The molecule has 0 spiro atoms. The second-order valence-electron chi connectivity index (χ2n) is 6.29. The quantitative estimate of drug-likeness (QED) is 0.789. The van der Waals surface area contributed by atoms with E-state index in [1.807, 2.05) is 31.2 Å². The topological polar surface area (TPSA) is 73.4 Å². The molecule has 3 aromatic rings. The summed E-state index contributed by atoms with van der Waals surface area (Å²) in [7, 11) is 0. The molecule has 0 fully saturated rings. The highest BCUT2D eigenvalue weighted by molar-refractivity contribution is 5.75. The van der Waals surface area contributed by atoms with Crippen LogP contribution >= 0.6 is 0 Å². The number of amidine groups is 1. The van der Waals surface area contributed by atoms with Crippen LogP contribution in [0.3, 0.4) is 0 Å². The molecule has 0 amide bonds. The molecule has 2 heterocycles. The zero-order chi connectivity index (χ0) is 18.1. The number of nitrogens with zero attached hydrogens (tertiary/aromatic N) is 3. The summed E-state index contributed by atoms with van der Waals surface area (Å²) in [5, 5.41) is 0. The Morgan fingerprint density at radius 3 is 2.54 bits per heavy atom. The van der Waals surface area contributed by atoms with Crippen LogP contribution < -0.4 is 5.73 Å². The van der Waals surface area contributed by atoms with E-state index in [-0.39, 0.29) is 18.4 Å². The molecule has 4 rings (SSSR count). The van der Waals surface area contributed by atoms with Crippen molar-refractivity contribution in [2.45, 2.75) is 12.5 Å². The first-order chi connectivity index (χ1) is 12.6. The normalized spacial score (nSPS) is 19.1. The van der Waals surface area contributed by atoms with Crippen LogP contribution in [0.5, 0.6) is 0 Å². The SMILES string of the molecule is Cc1cccc(C2(c3ccc(F)c(-c4cncnc4)c3)COC(N)=N2)c1. The molecule has 130 valence electrons. The number of aliphatic imine (C=N–C) groups is 1. The van der Waals surface area contributed by atoms with E-state index < -0.39 is 5.54 Å². The molecule has 1 aliphatic heterocycles. The molecule has 1 atom stereocenters. The molecule has 0 saturated carbocycles. The average molecular weight is 348 g/mol. The summed E-state index contributed by atoms with van der Waals surface area (Å²) >= 11 is 0. The number of nitrogens with two attached hydrogens (primary N) is 1. The molecule has 5 nitrogen and oxygen atoms in total. The van der Waals surface area contributed by atoms with E-state index in [1.54, 1.807) is 24.5 Å². The van der Waals surface area contributed by atoms with Gasteiger partial charge in [-0.05, 0) is 30.2 Å². The third kappa shape index (κ3) is 2.69. The Morgan fingerprint density at radius 2 is 1.85 bits per heavy atom. The minimum Gasteiger partial charge on any atom is -0.462 e. The van der Waals surface area contributed by atoms with Gasteiger partial charge in [0.05, 0.1) is 0 Å². The monoisotopic (exact) mass is 348 g/mol. The van der Waals surface area contributed by atoms with E-state index in [9.17, 15) is 4.39 Å². The molecule has 1 aromatic heterocycles. The van der Waals surface area contributed by atoms with Gasteiger partial charge in [-0.15, -0.1) is 0 Å². The largest absolute Gasteiger partial charge is 0.462 e. The first-order valence-electron chi connectivity index (χ1n) is 8.19. The van der Waals surface area contributed by atoms with Gasteiger partial charge in [0.2, 0.25) is 0 Å². The molecule has 2 aromatic carbocycles. The van der Waals surface area contributed by atoms with Gasteiger partial charge in [0, 0.05) is 23.5 Å². The Morgan fingerprint density at radius 1 is 1.08 bits per heavy atom. The van der Waals surface area contributed by atoms with Crippen molar-refractivity contribution in [2.24, 2.45) is 10.7 Å². The van der Waals surface area contributed by atoms with Crippen molar-refractivity contribution in [3.8, 4) is 11.1 Å². The van der Waals surface area contributed by atoms with Crippen molar-refractivity contribution in [3.05, 3.63) is 83.7 Å². The number of hydrogen-bond donors (Lipinski definition) is 1. The van der Waals surface area contributed by atoms with Gasteiger partial charge in [-0.25, -0.2) is 19.4 Å². The molecule has 0 aliphatic carbocycles. The highest BCUT2D eigenvalue weighted by Crippen LogP contribution is 2.39. The maximum Gasteiger partial charge on any atom is 0.283 e. The first-order valence-corrected chi connectivity index (χ1v) is 8.19. The third-order valence-corrected chi connectivity index (χ3v) is 4.54. The smallest absolute Gasteiger partial charge is 0.283 e. The van der Waals surface area contributed by atoms with Crippen LogP contribution in [0.2, 0.25) is 0 Å². The fraction of sp³-hybridized carbons (Fsp3) is 0.150. The number of halogens is 1. The van der Waals surface area contributed by atoms with E-state index >= 15 is 0 Å². The summed E-state index contributed by atoms with van der Waals surface area (Å²) in [4.78, 5) is 12.5. The van der Waals surface area contributed by atoms with Crippen LogP contribution in [-0.2, 0) is 10.3 Å². The van der Waals surface area contributed by atoms with Crippen molar-refractivity contribution in [2.75, 3.05) is 6.61 Å². The lowest BCUT2D eigenvalue weighted by Crippen LogP contribution is -2.27. The van der Waals surface area contributed by atoms with Gasteiger partial charge in [0.1, 0.15) is 18.8 Å². The first kappa shape index (κ1) is 16.2. The van der Waals surface area contributed by atoms with E-state index in [0.717, 1.165) is 16.7 Å². The lowest BCUT2D eigenvalue weighted by molar-refractivity contribution is 0.278. The zero-order valence-corrected chi connectivity index (χ0v) is 14.2. The van der Waals surface area contributed by atoms with E-state index in [0.29, 0.717) is 11.1 Å². The van der Waals surface area contributed by atoms with Crippen LogP contribution in [0.1, 0.15) is 16.7 Å². The van der Waals surface area contributed by atoms with Gasteiger partial charge >= 0.3 is 0 Å². The molecule has 6 heteroatoms. The lowest BCUT2D eigenvalue weighted by atomic mass is 9.82. The summed E-state index contributed by atoms with van der Waals surface area (Å²) in [6.07, 6.45) is 4.57. The lowest BCUT2D eigenvalue weighted by Gasteiger charge is -2.26. The van der Waals surface area contributed by atoms with Crippen molar-refractivity contribution < 1.29 is 9.13 Å². The fourth-order valence-corrected chi connectivity index (χ4v) is 3.24. The molecule has 1 aliphatic rings. The average Bonchev–Trinajstić information content (AvgIpc) is 3.06. The Bertz CT molecular complexity index is 990. The maximum absolute atomic E-state index is 14.5. The van der Waals surface area contributed by atoms with Crippen molar-refractivity contribution in [1.29, 1.82) is 0 Å². The molecule has 0 bridgehead atoms. The fourth-order valence-electron chi connectivity index (χ4n) is 3.24. The van der Waals surface area contributed by atoms with Crippen LogP contribution in [0, 0.1) is 12.7 Å². The maximum atomic E-state index is 14.5. The number of hydrogen-bond acceptors (Lipinski definition) is 5. The van der Waals surface area contributed by atoms with Gasteiger partial charge in [-0.3, -0.25) is 0 Å². The number of aryl methyl sites for hydroxylation is 1. The van der Waals surface area contributed by atoms with Crippen molar-refractivity contribution in [3.63, 3.8) is 0 Å². The van der Waals surface area contributed by atoms with Crippen molar-refractivity contribution >= 4 is 6.02 Å². The predicted molar refractivity (Wildman–Crippen MR) is 97.0 cm³/mol. The molecule has 0 saturated heterocycles. The minimum atomic E-state index is -0.811. The number of ether oxygens (including phenoxy) is 1. The van der Waals surface area contributed by atoms with Crippen LogP contribution in [0.4, 0.5) is 4.39 Å². The van der Waals surface area contributed by atoms with E-state index in [2.05, 4.69) is 15.0 Å². The van der Waals surface area contributed by atoms with E-state index in [1.165, 1.54) is 12.4 Å². The van der Waals surface area contributed by atoms with Gasteiger partial charge < -0.3 is 10.5 Å². The Balaban J connectivity index is 1.91. The molecule has 0 radical (unpaired) electrons. The second kappa shape index (κ2) is 6.22. The zero-order valence-electron chi connectivity index (χ0n) is 14.2. The number of rotatable bonds is 3. The molecular weight excluding hydrogens is 331 g/mol. The Kier molecular flexibility index (Phi) is 3.88. The summed E-state index contributed by atoms with van der Waals surface area (Å²) in [6.45, 7) is 2.27. The van der Waals surface area contributed by atoms with Gasteiger partial charge in [0.15, 0.2) is 5.54 Å². The Hall–Kier alpha value is -3.28. The highest BCUT2D eigenvalue weighted by Gasteiger charge is 2.40. The highest BCUT2D eigenvalue weighted by atomic mass is 19.1. The van der Waals surface area contributed by atoms with E-state index in [4.69, 9.17) is 10.5 Å². The molecule has 26 heavy (non-hydrogen) atoms. The second-order valence-corrected chi connectivity index (χ2v) is 6.29. The Labute approximate surface area is 150 Å².